The van der Waals surface area contributed by atoms with Gasteiger partial charge in [-0.1, -0.05) is 12.1 Å². The van der Waals surface area contributed by atoms with Gasteiger partial charge in [-0.25, -0.2) is 5.84 Å². The molecule has 2 rings (SSSR count). The molecule has 1 amide bonds. The number of aryl methyl sites for hydroxylation is 1. The van der Waals surface area contributed by atoms with Gasteiger partial charge in [0.05, 0.1) is 12.4 Å². The van der Waals surface area contributed by atoms with Crippen LogP contribution < -0.4 is 16.0 Å². The van der Waals surface area contributed by atoms with Crippen molar-refractivity contribution in [1.29, 1.82) is 0 Å². The molecule has 0 aliphatic carbocycles. The molecule has 0 atom stereocenters. The average molecular weight is 246 g/mol. The van der Waals surface area contributed by atoms with E-state index in [1.165, 1.54) is 0 Å². The lowest BCUT2D eigenvalue weighted by molar-refractivity contribution is 0.0953. The molecule has 6 nitrogen and oxygen atoms in total. The maximum absolute atomic E-state index is 11.4. The third kappa shape index (κ3) is 2.86. The number of carbonyl (C=O) groups excluding carboxylic acids is 1. The summed E-state index contributed by atoms with van der Waals surface area (Å²) in [4.78, 5) is 11.4. The lowest BCUT2D eigenvalue weighted by Crippen LogP contribution is -2.30. The molecule has 0 radical (unpaired) electrons. The number of amides is 1. The van der Waals surface area contributed by atoms with E-state index < -0.39 is 0 Å². The molecule has 0 saturated carbocycles. The van der Waals surface area contributed by atoms with Crippen molar-refractivity contribution in [2.45, 2.75) is 6.61 Å². The van der Waals surface area contributed by atoms with Crippen LogP contribution in [0, 0.1) is 0 Å². The van der Waals surface area contributed by atoms with E-state index in [4.69, 9.17) is 10.6 Å². The van der Waals surface area contributed by atoms with Gasteiger partial charge in [0, 0.05) is 12.6 Å². The highest BCUT2D eigenvalue weighted by Gasteiger charge is 2.04. The smallest absolute Gasteiger partial charge is 0.265 e. The van der Waals surface area contributed by atoms with Crippen molar-refractivity contribution in [3.63, 3.8) is 0 Å². The molecular formula is C12H14N4O2. The van der Waals surface area contributed by atoms with E-state index in [1.54, 1.807) is 35.3 Å². The first kappa shape index (κ1) is 12.1. The molecule has 0 saturated heterocycles. The topological polar surface area (TPSA) is 82.2 Å². The summed E-state index contributed by atoms with van der Waals surface area (Å²) in [6.07, 6.45) is 3.41. The molecule has 0 unspecified atom stereocenters. The number of nitrogens with one attached hydrogen (secondary N) is 1. The maximum Gasteiger partial charge on any atom is 0.265 e. The molecule has 0 spiro atoms. The first-order chi connectivity index (χ1) is 8.69. The van der Waals surface area contributed by atoms with Gasteiger partial charge in [-0.2, -0.15) is 5.10 Å². The van der Waals surface area contributed by atoms with Crippen molar-refractivity contribution in [1.82, 2.24) is 15.2 Å². The summed E-state index contributed by atoms with van der Waals surface area (Å²) in [6.45, 7) is 0.372. The molecule has 0 bridgehead atoms. The standard InChI is InChI=1S/C12H14N4O2/c1-16-7-11(6-14-16)18-8-9-3-2-4-10(5-9)12(17)15-13/h2-7H,8,13H2,1H3,(H,15,17). The SMILES string of the molecule is Cn1cc(OCc2cccc(C(=O)NN)c2)cn1. The number of nitrogens with zero attached hydrogens (tertiary/aromatic N) is 2. The molecule has 0 aliphatic heterocycles. The molecular weight excluding hydrogens is 232 g/mol. The van der Waals surface area contributed by atoms with Gasteiger partial charge in [-0.05, 0) is 17.7 Å². The van der Waals surface area contributed by atoms with Crippen LogP contribution in [0.15, 0.2) is 36.7 Å². The molecule has 18 heavy (non-hydrogen) atoms. The number of nitrogen functional groups attached to an aromatic ring is 1. The van der Waals surface area contributed by atoms with Gasteiger partial charge in [0.2, 0.25) is 0 Å². The van der Waals surface area contributed by atoms with E-state index in [9.17, 15) is 4.79 Å². The fourth-order valence-corrected chi connectivity index (χ4v) is 1.53. The Bertz CT molecular complexity index is 551. The Morgan fingerprint density at radius 3 is 3.06 bits per heavy atom. The molecule has 1 aromatic heterocycles. The van der Waals surface area contributed by atoms with Crippen molar-refractivity contribution in [3.05, 3.63) is 47.8 Å². The lowest BCUT2D eigenvalue weighted by atomic mass is 10.1. The minimum atomic E-state index is -0.321. The molecule has 1 aromatic carbocycles. The number of aromatic nitrogens is 2. The second-order valence-electron chi connectivity index (χ2n) is 3.81. The summed E-state index contributed by atoms with van der Waals surface area (Å²) in [5.41, 5.74) is 3.49. The lowest BCUT2D eigenvalue weighted by Gasteiger charge is -2.05. The summed E-state index contributed by atoms with van der Waals surface area (Å²) in [6, 6.07) is 7.09. The Labute approximate surface area is 104 Å². The number of ether oxygens (including phenoxy) is 1. The van der Waals surface area contributed by atoms with Crippen molar-refractivity contribution in [3.8, 4) is 5.75 Å². The van der Waals surface area contributed by atoms with E-state index in [-0.39, 0.29) is 5.91 Å². The van der Waals surface area contributed by atoms with E-state index in [1.807, 2.05) is 13.1 Å². The number of hydrogen-bond donors (Lipinski definition) is 2. The number of carbonyl (C=O) groups is 1. The summed E-state index contributed by atoms with van der Waals surface area (Å²) in [7, 11) is 1.82. The van der Waals surface area contributed by atoms with Gasteiger partial charge in [0.1, 0.15) is 6.61 Å². The van der Waals surface area contributed by atoms with Crippen molar-refractivity contribution < 1.29 is 9.53 Å². The third-order valence-electron chi connectivity index (χ3n) is 2.41. The number of rotatable bonds is 4. The normalized spacial score (nSPS) is 10.1. The molecule has 2 aromatic rings. The van der Waals surface area contributed by atoms with Gasteiger partial charge in [0.25, 0.3) is 5.91 Å². The van der Waals surface area contributed by atoms with E-state index in [0.717, 1.165) is 5.56 Å². The predicted molar refractivity (Wildman–Crippen MR) is 65.6 cm³/mol. The number of nitrogens with two attached hydrogens (primary N) is 1. The molecule has 3 N–H and O–H groups in total. The highest BCUT2D eigenvalue weighted by molar-refractivity contribution is 5.93. The van der Waals surface area contributed by atoms with Crippen LogP contribution in [0.4, 0.5) is 0 Å². The van der Waals surface area contributed by atoms with Crippen LogP contribution in [0.5, 0.6) is 5.75 Å². The first-order valence-electron chi connectivity index (χ1n) is 5.40. The quantitative estimate of drug-likeness (QED) is 0.470. The predicted octanol–water partition coefficient (Wildman–Crippen LogP) is 0.603. The Kier molecular flexibility index (Phi) is 3.59. The zero-order valence-electron chi connectivity index (χ0n) is 9.96. The van der Waals surface area contributed by atoms with Gasteiger partial charge in [0.15, 0.2) is 5.75 Å². The zero-order chi connectivity index (χ0) is 13.0. The Balaban J connectivity index is 2.03. The van der Waals surface area contributed by atoms with Crippen LogP contribution in [0.3, 0.4) is 0 Å². The van der Waals surface area contributed by atoms with Crippen LogP contribution in [-0.4, -0.2) is 15.7 Å². The second-order valence-corrected chi connectivity index (χ2v) is 3.81. The highest BCUT2D eigenvalue weighted by Crippen LogP contribution is 2.11. The van der Waals surface area contributed by atoms with E-state index >= 15 is 0 Å². The summed E-state index contributed by atoms with van der Waals surface area (Å²) < 4.78 is 7.20. The zero-order valence-corrected chi connectivity index (χ0v) is 9.96. The second kappa shape index (κ2) is 5.33. The molecule has 6 heteroatoms. The van der Waals surface area contributed by atoms with Gasteiger partial charge in [-0.15, -0.1) is 0 Å². The Morgan fingerprint density at radius 2 is 2.39 bits per heavy atom. The monoisotopic (exact) mass is 246 g/mol. The minimum absolute atomic E-state index is 0.321. The Hall–Kier alpha value is -2.34. The van der Waals surface area contributed by atoms with Gasteiger partial charge < -0.3 is 4.74 Å². The van der Waals surface area contributed by atoms with Crippen molar-refractivity contribution in [2.75, 3.05) is 0 Å². The van der Waals surface area contributed by atoms with Crippen LogP contribution >= 0.6 is 0 Å². The Morgan fingerprint density at radius 1 is 1.56 bits per heavy atom. The molecule has 0 aliphatic rings. The number of benzene rings is 1. The van der Waals surface area contributed by atoms with Gasteiger partial charge in [-0.3, -0.25) is 14.9 Å². The summed E-state index contributed by atoms with van der Waals surface area (Å²) in [5, 5.41) is 4.00. The summed E-state index contributed by atoms with van der Waals surface area (Å²) >= 11 is 0. The molecule has 1 heterocycles. The van der Waals surface area contributed by atoms with E-state index in [2.05, 4.69) is 10.5 Å². The fraction of sp³-hybridized carbons (Fsp3) is 0.167. The fourth-order valence-electron chi connectivity index (χ4n) is 1.53. The van der Waals surface area contributed by atoms with E-state index in [0.29, 0.717) is 17.9 Å². The third-order valence-corrected chi connectivity index (χ3v) is 2.41. The molecule has 94 valence electrons. The number of hydrogen-bond acceptors (Lipinski definition) is 4. The van der Waals surface area contributed by atoms with Crippen molar-refractivity contribution in [2.24, 2.45) is 12.9 Å². The molecule has 0 fully saturated rings. The largest absolute Gasteiger partial charge is 0.486 e. The van der Waals surface area contributed by atoms with Crippen LogP contribution in [-0.2, 0) is 13.7 Å². The number of hydrazine groups is 1. The van der Waals surface area contributed by atoms with Crippen LogP contribution in [0.1, 0.15) is 15.9 Å². The van der Waals surface area contributed by atoms with Crippen LogP contribution in [0.2, 0.25) is 0 Å². The van der Waals surface area contributed by atoms with Gasteiger partial charge >= 0.3 is 0 Å². The average Bonchev–Trinajstić information content (AvgIpc) is 2.81. The first-order valence-corrected chi connectivity index (χ1v) is 5.40. The van der Waals surface area contributed by atoms with Crippen LogP contribution in [0.25, 0.3) is 0 Å². The summed E-state index contributed by atoms with van der Waals surface area (Å²) in [5.74, 6) is 5.45. The highest BCUT2D eigenvalue weighted by atomic mass is 16.5. The minimum Gasteiger partial charge on any atom is -0.486 e. The van der Waals surface area contributed by atoms with Crippen molar-refractivity contribution >= 4 is 5.91 Å². The maximum atomic E-state index is 11.4.